The minimum Gasteiger partial charge on any atom is -0.731 e. The molecule has 2 aromatic rings. The van der Waals surface area contributed by atoms with Crippen molar-refractivity contribution in [3.05, 3.63) is 48.5 Å². The predicted molar refractivity (Wildman–Crippen MR) is 248 cm³/mol. The fourth-order valence-corrected chi connectivity index (χ4v) is 10.1. The number of fused-ring (bicyclic) bond motifs is 2. The fraction of sp³-hybridized carbons (Fsp3) is 0.739. The Morgan fingerprint density at radius 2 is 0.661 bits per heavy atom. The van der Waals surface area contributed by atoms with Crippen LogP contribution in [0.5, 0.6) is 0 Å². The van der Waals surface area contributed by atoms with Crippen molar-refractivity contribution in [2.45, 2.75) is 219 Å². The van der Waals surface area contributed by atoms with Gasteiger partial charge in [-0.1, -0.05) is 205 Å². The van der Waals surface area contributed by atoms with E-state index in [1.165, 1.54) is 154 Å². The molecule has 0 amide bonds. The van der Waals surface area contributed by atoms with Crippen LogP contribution >= 0.6 is 0 Å². The Hall–Kier alpha value is -1.28. The number of benzene rings is 2. The molecule has 2 aliphatic rings. The number of nitrogens with zero attached hydrogens (tertiary/aromatic N) is 2. The maximum atomic E-state index is 11.7. The largest absolute Gasteiger partial charge is 2.00 e. The van der Waals surface area contributed by atoms with Crippen LogP contribution in [-0.4, -0.2) is 76.0 Å². The topological polar surface area (TPSA) is 145 Å². The first-order valence-corrected chi connectivity index (χ1v) is 26.0. The second-order valence-electron chi connectivity index (χ2n) is 16.6. The Kier molecular flexibility index (Phi) is 28.8. The van der Waals surface area contributed by atoms with Gasteiger partial charge in [0.2, 0.25) is 0 Å². The molecule has 0 radical (unpaired) electrons. The zero-order valence-electron chi connectivity index (χ0n) is 36.9. The monoisotopic (exact) mass is 886 g/mol. The van der Waals surface area contributed by atoms with Crippen LogP contribution in [0.15, 0.2) is 48.5 Å². The quantitative estimate of drug-likeness (QED) is 0.0420. The molecular formula is C46H78CaN4O6S2. The van der Waals surface area contributed by atoms with Gasteiger partial charge in [-0.3, -0.25) is 8.61 Å². The van der Waals surface area contributed by atoms with Crippen LogP contribution in [0.25, 0.3) is 0 Å². The van der Waals surface area contributed by atoms with Crippen LogP contribution in [0.1, 0.15) is 206 Å². The Morgan fingerprint density at radius 1 is 0.424 bits per heavy atom. The first-order valence-electron chi connectivity index (χ1n) is 23.3. The molecule has 0 aromatic heterocycles. The number of rotatable bonds is 32. The minimum atomic E-state index is -4.51. The molecule has 0 fully saturated rings. The van der Waals surface area contributed by atoms with E-state index in [1.54, 1.807) is 24.3 Å². The summed E-state index contributed by atoms with van der Waals surface area (Å²) in [7, 11) is -9.03. The Bertz CT molecular complexity index is 1480. The molecule has 2 aliphatic heterocycles. The van der Waals surface area contributed by atoms with Gasteiger partial charge in [0.1, 0.15) is 12.3 Å². The molecule has 332 valence electrons. The maximum Gasteiger partial charge on any atom is 2.00 e. The van der Waals surface area contributed by atoms with Crippen LogP contribution < -0.4 is 19.2 Å². The third-order valence-electron chi connectivity index (χ3n) is 11.6. The molecule has 2 aromatic carbocycles. The molecule has 2 heterocycles. The molecule has 4 rings (SSSR count). The second kappa shape index (κ2) is 31.5. The third kappa shape index (κ3) is 21.6. The summed E-state index contributed by atoms with van der Waals surface area (Å²) in [5.41, 5.74) is 2.39. The van der Waals surface area contributed by atoms with Crippen molar-refractivity contribution in [2.75, 3.05) is 19.2 Å². The molecule has 59 heavy (non-hydrogen) atoms. The van der Waals surface area contributed by atoms with Gasteiger partial charge in [0.15, 0.2) is 20.6 Å². The van der Waals surface area contributed by atoms with Gasteiger partial charge in [-0.15, -0.1) is 0 Å². The summed E-state index contributed by atoms with van der Waals surface area (Å²) in [5, 5.41) is 6.37. The first kappa shape index (κ1) is 53.9. The number of anilines is 4. The standard InChI is InChI=1S/2C23H40N2O3S.Ca/c2*1-2-3-4-5-6-7-8-9-10-11-12-13-14-15-20-23-24-21-18-16-17-19-22(21)25(23)29(26,27)28;/h2*16-19,23-24H,2-15,20H2,1H3,(H,26,27,28);/q;;+2/p-2. The smallest absolute Gasteiger partial charge is 0.731 e. The van der Waals surface area contributed by atoms with Gasteiger partial charge in [0, 0.05) is 0 Å². The van der Waals surface area contributed by atoms with Crippen molar-refractivity contribution in [1.29, 1.82) is 0 Å². The van der Waals surface area contributed by atoms with Gasteiger partial charge in [0.05, 0.1) is 22.7 Å². The maximum absolute atomic E-state index is 11.7. The van der Waals surface area contributed by atoms with E-state index in [-0.39, 0.29) is 37.7 Å². The fourth-order valence-electron chi connectivity index (χ4n) is 8.38. The first-order chi connectivity index (χ1) is 28.1. The Labute approximate surface area is 390 Å². The number of para-hydroxylation sites is 4. The van der Waals surface area contributed by atoms with Gasteiger partial charge < -0.3 is 19.7 Å². The Balaban J connectivity index is 0.000000400. The van der Waals surface area contributed by atoms with Gasteiger partial charge in [-0.05, 0) is 49.9 Å². The van der Waals surface area contributed by atoms with E-state index in [1.807, 2.05) is 24.3 Å². The molecule has 0 aliphatic carbocycles. The SMILES string of the molecule is CCCCCCCCCCCCCCCCC1Nc2ccccc2N1S(=O)(=O)[O-].CCCCCCCCCCCCCCCCC1Nc2ccccc2N1S(=O)(=O)[O-].[Ca+2]. The van der Waals surface area contributed by atoms with Gasteiger partial charge in [0.25, 0.3) is 0 Å². The van der Waals surface area contributed by atoms with E-state index in [4.69, 9.17) is 0 Å². The molecule has 10 nitrogen and oxygen atoms in total. The van der Waals surface area contributed by atoms with Crippen LogP contribution in [0, 0.1) is 0 Å². The molecule has 13 heteroatoms. The molecule has 0 spiro atoms. The summed E-state index contributed by atoms with van der Waals surface area (Å²) in [4.78, 5) is 0. The van der Waals surface area contributed by atoms with E-state index in [2.05, 4.69) is 24.5 Å². The van der Waals surface area contributed by atoms with Gasteiger partial charge in [-0.25, -0.2) is 16.8 Å². The zero-order chi connectivity index (χ0) is 41.9. The van der Waals surface area contributed by atoms with Crippen molar-refractivity contribution in [1.82, 2.24) is 0 Å². The summed E-state index contributed by atoms with van der Waals surface area (Å²) in [6.07, 6.45) is 36.6. The second-order valence-corrected chi connectivity index (χ2v) is 19.1. The zero-order valence-corrected chi connectivity index (χ0v) is 40.7. The van der Waals surface area contributed by atoms with E-state index in [0.717, 1.165) is 45.7 Å². The molecule has 2 N–H and O–H groups in total. The van der Waals surface area contributed by atoms with E-state index >= 15 is 0 Å². The van der Waals surface area contributed by atoms with E-state index in [0.29, 0.717) is 24.2 Å². The summed E-state index contributed by atoms with van der Waals surface area (Å²) >= 11 is 0. The van der Waals surface area contributed by atoms with Crippen LogP contribution in [0.2, 0.25) is 0 Å². The molecule has 0 saturated heterocycles. The number of hydrogen-bond donors (Lipinski definition) is 2. The Morgan fingerprint density at radius 3 is 0.915 bits per heavy atom. The molecule has 2 unspecified atom stereocenters. The van der Waals surface area contributed by atoms with E-state index < -0.39 is 32.9 Å². The molecule has 0 saturated carbocycles. The van der Waals surface area contributed by atoms with Crippen LogP contribution in [-0.2, 0) is 20.6 Å². The molecule has 0 bridgehead atoms. The van der Waals surface area contributed by atoms with Crippen molar-refractivity contribution >= 4 is 81.1 Å². The third-order valence-corrected chi connectivity index (χ3v) is 13.5. The summed E-state index contributed by atoms with van der Waals surface area (Å²) < 4.78 is 72.1. The average Bonchev–Trinajstić information content (AvgIpc) is 3.77. The molecular weight excluding hydrogens is 809 g/mol. The predicted octanol–water partition coefficient (Wildman–Crippen LogP) is 12.8. The van der Waals surface area contributed by atoms with Crippen molar-refractivity contribution in [3.8, 4) is 0 Å². The summed E-state index contributed by atoms with van der Waals surface area (Å²) in [6.45, 7) is 4.52. The average molecular weight is 887 g/mol. The number of nitrogens with one attached hydrogen (secondary N) is 2. The minimum absolute atomic E-state index is 0. The van der Waals surface area contributed by atoms with Gasteiger partial charge >= 0.3 is 37.7 Å². The normalized spacial score (nSPS) is 15.8. The number of hydrogen-bond acceptors (Lipinski definition) is 8. The summed E-state index contributed by atoms with van der Waals surface area (Å²) in [5.74, 6) is 0. The van der Waals surface area contributed by atoms with Crippen LogP contribution in [0.4, 0.5) is 22.7 Å². The van der Waals surface area contributed by atoms with E-state index in [9.17, 15) is 25.9 Å². The van der Waals surface area contributed by atoms with Crippen molar-refractivity contribution in [3.63, 3.8) is 0 Å². The van der Waals surface area contributed by atoms with Crippen LogP contribution in [0.3, 0.4) is 0 Å². The van der Waals surface area contributed by atoms with Crippen molar-refractivity contribution in [2.24, 2.45) is 0 Å². The summed E-state index contributed by atoms with van der Waals surface area (Å²) in [6, 6.07) is 14.2. The van der Waals surface area contributed by atoms with Gasteiger partial charge in [-0.2, -0.15) is 0 Å². The number of unbranched alkanes of at least 4 members (excludes halogenated alkanes) is 26. The molecule has 2 atom stereocenters. The van der Waals surface area contributed by atoms with Crippen molar-refractivity contribution < 1.29 is 25.9 Å².